The zero-order valence-corrected chi connectivity index (χ0v) is 13.2. The second-order valence-electron chi connectivity index (χ2n) is 5.26. The van der Waals surface area contributed by atoms with Gasteiger partial charge in [-0.2, -0.15) is 0 Å². The molecule has 0 fully saturated rings. The van der Waals surface area contributed by atoms with Gasteiger partial charge in [0.2, 0.25) is 5.91 Å². The fourth-order valence-electron chi connectivity index (χ4n) is 2.19. The number of amides is 1. The number of nitrogens with one attached hydrogen (secondary N) is 2. The standard InChI is InChI=1S/C17H20ClN3O/c1-12(17(22)21-19)10-13-6-8-15(9-7-13)20-11-14-4-2-3-5-16(14)18/h2-9,12,20H,10-11,19H2,1H3,(H,21,22). The van der Waals surface area contributed by atoms with Gasteiger partial charge >= 0.3 is 0 Å². The van der Waals surface area contributed by atoms with Crippen molar-refractivity contribution in [3.8, 4) is 0 Å². The Kier molecular flexibility index (Phi) is 5.81. The van der Waals surface area contributed by atoms with Gasteiger partial charge in [-0.25, -0.2) is 5.84 Å². The highest BCUT2D eigenvalue weighted by atomic mass is 35.5. The van der Waals surface area contributed by atoms with Gasteiger partial charge in [0.15, 0.2) is 0 Å². The van der Waals surface area contributed by atoms with E-state index in [0.717, 1.165) is 21.8 Å². The van der Waals surface area contributed by atoms with Gasteiger partial charge in [-0.15, -0.1) is 0 Å². The first-order valence-corrected chi connectivity index (χ1v) is 7.54. The lowest BCUT2D eigenvalue weighted by atomic mass is 10.0. The molecule has 0 saturated carbocycles. The molecule has 0 aliphatic carbocycles. The summed E-state index contributed by atoms with van der Waals surface area (Å²) in [6, 6.07) is 15.8. The molecule has 2 rings (SSSR count). The molecule has 22 heavy (non-hydrogen) atoms. The lowest BCUT2D eigenvalue weighted by Gasteiger charge is -2.11. The Bertz CT molecular complexity index is 628. The summed E-state index contributed by atoms with van der Waals surface area (Å²) in [4.78, 5) is 11.4. The Labute approximate surface area is 135 Å². The third kappa shape index (κ3) is 4.48. The van der Waals surface area contributed by atoms with Gasteiger partial charge < -0.3 is 5.32 Å². The van der Waals surface area contributed by atoms with Crippen LogP contribution in [-0.4, -0.2) is 5.91 Å². The van der Waals surface area contributed by atoms with E-state index < -0.39 is 0 Å². The molecular formula is C17H20ClN3O. The third-order valence-electron chi connectivity index (χ3n) is 3.53. The summed E-state index contributed by atoms with van der Waals surface area (Å²) >= 11 is 6.13. The first kappa shape index (κ1) is 16.3. The third-order valence-corrected chi connectivity index (χ3v) is 3.90. The van der Waals surface area contributed by atoms with Crippen molar-refractivity contribution in [3.63, 3.8) is 0 Å². The second kappa shape index (κ2) is 7.82. The van der Waals surface area contributed by atoms with E-state index in [9.17, 15) is 4.79 Å². The van der Waals surface area contributed by atoms with Crippen molar-refractivity contribution in [3.05, 3.63) is 64.7 Å². The summed E-state index contributed by atoms with van der Waals surface area (Å²) in [6.45, 7) is 2.52. The number of anilines is 1. The molecule has 1 atom stereocenters. The summed E-state index contributed by atoms with van der Waals surface area (Å²) in [7, 11) is 0. The lowest BCUT2D eigenvalue weighted by molar-refractivity contribution is -0.124. The molecule has 0 aliphatic rings. The average Bonchev–Trinajstić information content (AvgIpc) is 2.54. The van der Waals surface area contributed by atoms with Crippen LogP contribution in [0.2, 0.25) is 5.02 Å². The first-order valence-electron chi connectivity index (χ1n) is 7.17. The molecule has 0 saturated heterocycles. The van der Waals surface area contributed by atoms with E-state index in [0.29, 0.717) is 13.0 Å². The van der Waals surface area contributed by atoms with E-state index in [-0.39, 0.29) is 11.8 Å². The van der Waals surface area contributed by atoms with E-state index in [1.807, 2.05) is 55.5 Å². The highest BCUT2D eigenvalue weighted by molar-refractivity contribution is 6.31. The molecule has 2 aromatic carbocycles. The number of hydrazine groups is 1. The van der Waals surface area contributed by atoms with Crippen molar-refractivity contribution in [1.82, 2.24) is 5.43 Å². The van der Waals surface area contributed by atoms with E-state index in [4.69, 9.17) is 17.4 Å². The Morgan fingerprint density at radius 3 is 2.50 bits per heavy atom. The van der Waals surface area contributed by atoms with Crippen LogP contribution in [0.4, 0.5) is 5.69 Å². The minimum Gasteiger partial charge on any atom is -0.381 e. The number of rotatable bonds is 6. The summed E-state index contributed by atoms with van der Waals surface area (Å²) in [6.07, 6.45) is 0.661. The Hall–Kier alpha value is -2.04. The highest BCUT2D eigenvalue weighted by Crippen LogP contribution is 2.18. The predicted molar refractivity (Wildman–Crippen MR) is 90.4 cm³/mol. The molecule has 0 bridgehead atoms. The Balaban J connectivity index is 1.92. The largest absolute Gasteiger partial charge is 0.381 e. The van der Waals surface area contributed by atoms with Crippen molar-refractivity contribution >= 4 is 23.2 Å². The average molecular weight is 318 g/mol. The van der Waals surface area contributed by atoms with Crippen molar-refractivity contribution in [2.24, 2.45) is 11.8 Å². The number of benzene rings is 2. The van der Waals surface area contributed by atoms with Crippen LogP contribution in [0.1, 0.15) is 18.1 Å². The number of carbonyl (C=O) groups is 1. The molecule has 4 N–H and O–H groups in total. The number of carbonyl (C=O) groups excluding carboxylic acids is 1. The summed E-state index contributed by atoms with van der Waals surface area (Å²) in [5, 5.41) is 4.09. The molecule has 116 valence electrons. The zero-order valence-electron chi connectivity index (χ0n) is 12.5. The fourth-order valence-corrected chi connectivity index (χ4v) is 2.39. The molecule has 5 heteroatoms. The van der Waals surface area contributed by atoms with Crippen LogP contribution in [0.15, 0.2) is 48.5 Å². The van der Waals surface area contributed by atoms with Crippen LogP contribution in [-0.2, 0) is 17.8 Å². The normalized spacial score (nSPS) is 11.8. The van der Waals surface area contributed by atoms with Gasteiger partial charge in [0, 0.05) is 23.2 Å². The maximum Gasteiger partial charge on any atom is 0.237 e. The Morgan fingerprint density at radius 1 is 1.18 bits per heavy atom. The maximum atomic E-state index is 11.4. The fraction of sp³-hybridized carbons (Fsp3) is 0.235. The van der Waals surface area contributed by atoms with Gasteiger partial charge in [0.05, 0.1) is 0 Å². The number of halogens is 1. The van der Waals surface area contributed by atoms with Gasteiger partial charge in [0.1, 0.15) is 0 Å². The topological polar surface area (TPSA) is 67.2 Å². The number of hydrogen-bond acceptors (Lipinski definition) is 3. The molecule has 0 heterocycles. The molecular weight excluding hydrogens is 298 g/mol. The number of hydrogen-bond donors (Lipinski definition) is 3. The van der Waals surface area contributed by atoms with Crippen LogP contribution in [0, 0.1) is 5.92 Å². The molecule has 4 nitrogen and oxygen atoms in total. The molecule has 0 radical (unpaired) electrons. The van der Waals surface area contributed by atoms with Crippen molar-refractivity contribution < 1.29 is 4.79 Å². The summed E-state index contributed by atoms with van der Waals surface area (Å²) in [5.41, 5.74) is 5.34. The SMILES string of the molecule is CC(Cc1ccc(NCc2ccccc2Cl)cc1)C(=O)NN. The van der Waals surface area contributed by atoms with Crippen molar-refractivity contribution in [2.45, 2.75) is 19.9 Å². The van der Waals surface area contributed by atoms with Crippen LogP contribution >= 0.6 is 11.6 Å². The molecule has 0 aliphatic heterocycles. The maximum absolute atomic E-state index is 11.4. The van der Waals surface area contributed by atoms with E-state index in [1.165, 1.54) is 0 Å². The molecule has 1 amide bonds. The smallest absolute Gasteiger partial charge is 0.237 e. The van der Waals surface area contributed by atoms with Gasteiger partial charge in [-0.3, -0.25) is 10.2 Å². The minimum atomic E-state index is -0.152. The molecule has 2 aromatic rings. The first-order chi connectivity index (χ1) is 10.6. The van der Waals surface area contributed by atoms with Crippen molar-refractivity contribution in [2.75, 3.05) is 5.32 Å². The van der Waals surface area contributed by atoms with Gasteiger partial charge in [-0.1, -0.05) is 48.9 Å². The van der Waals surface area contributed by atoms with E-state index in [2.05, 4.69) is 10.7 Å². The quantitative estimate of drug-likeness (QED) is 0.435. The monoisotopic (exact) mass is 317 g/mol. The lowest BCUT2D eigenvalue weighted by Crippen LogP contribution is -2.35. The summed E-state index contributed by atoms with van der Waals surface area (Å²) < 4.78 is 0. The van der Waals surface area contributed by atoms with E-state index in [1.54, 1.807) is 0 Å². The van der Waals surface area contributed by atoms with Crippen LogP contribution in [0.3, 0.4) is 0 Å². The number of nitrogens with two attached hydrogens (primary N) is 1. The van der Waals surface area contributed by atoms with Crippen LogP contribution < -0.4 is 16.6 Å². The van der Waals surface area contributed by atoms with Gasteiger partial charge in [0.25, 0.3) is 0 Å². The van der Waals surface area contributed by atoms with Crippen molar-refractivity contribution in [1.29, 1.82) is 0 Å². The van der Waals surface area contributed by atoms with Gasteiger partial charge in [-0.05, 0) is 35.7 Å². The Morgan fingerprint density at radius 2 is 1.86 bits per heavy atom. The molecule has 0 spiro atoms. The summed E-state index contributed by atoms with van der Waals surface area (Å²) in [5.74, 6) is 4.84. The van der Waals surface area contributed by atoms with E-state index >= 15 is 0 Å². The minimum absolute atomic E-state index is 0.146. The zero-order chi connectivity index (χ0) is 15.9. The highest BCUT2D eigenvalue weighted by Gasteiger charge is 2.11. The molecule has 1 unspecified atom stereocenters. The molecule has 0 aromatic heterocycles. The predicted octanol–water partition coefficient (Wildman–Crippen LogP) is 3.12. The second-order valence-corrected chi connectivity index (χ2v) is 5.66. The van der Waals surface area contributed by atoms with Crippen LogP contribution in [0.25, 0.3) is 0 Å². The van der Waals surface area contributed by atoms with Crippen LogP contribution in [0.5, 0.6) is 0 Å².